The van der Waals surface area contributed by atoms with E-state index in [2.05, 4.69) is 16.0 Å². The van der Waals surface area contributed by atoms with Crippen molar-refractivity contribution in [2.45, 2.75) is 13.0 Å². The van der Waals surface area contributed by atoms with Crippen molar-refractivity contribution >= 4 is 11.9 Å². The van der Waals surface area contributed by atoms with Gasteiger partial charge in [0.25, 0.3) is 0 Å². The minimum Gasteiger partial charge on any atom is -0.354 e. The summed E-state index contributed by atoms with van der Waals surface area (Å²) in [7, 11) is 0. The summed E-state index contributed by atoms with van der Waals surface area (Å²) in [5, 5.41) is 8.02. The molecule has 0 aliphatic rings. The fraction of sp³-hybridized carbons (Fsp3) is 0.222. The van der Waals surface area contributed by atoms with Gasteiger partial charge in [-0.3, -0.25) is 4.79 Å². The van der Waals surface area contributed by atoms with E-state index in [1.54, 1.807) is 0 Å². The van der Waals surface area contributed by atoms with Crippen molar-refractivity contribution < 1.29 is 9.59 Å². The lowest BCUT2D eigenvalue weighted by Gasteiger charge is -2.08. The average molecular weight is 311 g/mol. The van der Waals surface area contributed by atoms with Crippen LogP contribution in [0.25, 0.3) is 0 Å². The minimum atomic E-state index is -0.355. The Kier molecular flexibility index (Phi) is 6.65. The first kappa shape index (κ1) is 16.5. The number of nitrogens with one attached hydrogen (secondary N) is 3. The number of urea groups is 1. The molecule has 3 N–H and O–H groups in total. The van der Waals surface area contributed by atoms with Gasteiger partial charge < -0.3 is 16.0 Å². The lowest BCUT2D eigenvalue weighted by Crippen LogP contribution is -2.42. The van der Waals surface area contributed by atoms with Crippen LogP contribution in [0.3, 0.4) is 0 Å². The highest BCUT2D eigenvalue weighted by atomic mass is 16.2. The first-order valence-corrected chi connectivity index (χ1v) is 7.60. The maximum Gasteiger partial charge on any atom is 0.315 e. The summed E-state index contributed by atoms with van der Waals surface area (Å²) in [5.41, 5.74) is 2.18. The molecule has 120 valence electrons. The molecular formula is C18H21N3O2. The summed E-state index contributed by atoms with van der Waals surface area (Å²) in [4.78, 5) is 23.3. The number of amides is 3. The number of rotatable bonds is 7. The molecule has 0 aliphatic carbocycles. The van der Waals surface area contributed by atoms with Crippen LogP contribution in [0.15, 0.2) is 60.7 Å². The number of carbonyl (C=O) groups is 2. The SMILES string of the molecule is O=C(CNC(=O)NCc1ccccc1)NCCc1ccccc1. The third-order valence-electron chi connectivity index (χ3n) is 3.28. The molecule has 5 nitrogen and oxygen atoms in total. The van der Waals surface area contributed by atoms with Crippen LogP contribution >= 0.6 is 0 Å². The van der Waals surface area contributed by atoms with Gasteiger partial charge in [0.1, 0.15) is 0 Å². The van der Waals surface area contributed by atoms with E-state index in [9.17, 15) is 9.59 Å². The summed E-state index contributed by atoms with van der Waals surface area (Å²) in [6.45, 7) is 0.952. The van der Waals surface area contributed by atoms with Crippen LogP contribution in [0.4, 0.5) is 4.79 Å². The lowest BCUT2D eigenvalue weighted by molar-refractivity contribution is -0.120. The van der Waals surface area contributed by atoms with Crippen LogP contribution in [0.2, 0.25) is 0 Å². The molecule has 0 spiro atoms. The third-order valence-corrected chi connectivity index (χ3v) is 3.28. The van der Waals surface area contributed by atoms with Crippen molar-refractivity contribution in [2.24, 2.45) is 0 Å². The molecule has 0 bridgehead atoms. The third kappa shape index (κ3) is 6.65. The number of hydrogen-bond donors (Lipinski definition) is 3. The molecule has 5 heteroatoms. The van der Waals surface area contributed by atoms with Gasteiger partial charge in [-0.2, -0.15) is 0 Å². The van der Waals surface area contributed by atoms with Gasteiger partial charge in [0, 0.05) is 13.1 Å². The molecule has 0 aromatic heterocycles. The molecule has 23 heavy (non-hydrogen) atoms. The standard InChI is InChI=1S/C18H21N3O2/c22-17(19-12-11-15-7-3-1-4-8-15)14-21-18(23)20-13-16-9-5-2-6-10-16/h1-10H,11-14H2,(H,19,22)(H2,20,21,23). The summed E-state index contributed by atoms with van der Waals surface area (Å²) in [6, 6.07) is 19.2. The topological polar surface area (TPSA) is 70.2 Å². The van der Waals surface area contributed by atoms with Gasteiger partial charge in [0.15, 0.2) is 0 Å². The van der Waals surface area contributed by atoms with Crippen molar-refractivity contribution in [3.63, 3.8) is 0 Å². The van der Waals surface area contributed by atoms with Gasteiger partial charge >= 0.3 is 6.03 Å². The van der Waals surface area contributed by atoms with E-state index in [-0.39, 0.29) is 18.5 Å². The molecule has 0 fully saturated rings. The van der Waals surface area contributed by atoms with Gasteiger partial charge in [-0.25, -0.2) is 4.79 Å². The maximum absolute atomic E-state index is 11.7. The second-order valence-electron chi connectivity index (χ2n) is 5.11. The zero-order valence-electron chi connectivity index (χ0n) is 12.9. The molecule has 2 aromatic carbocycles. The van der Waals surface area contributed by atoms with Gasteiger partial charge in [0.05, 0.1) is 6.54 Å². The second-order valence-corrected chi connectivity index (χ2v) is 5.11. The molecule has 0 saturated carbocycles. The van der Waals surface area contributed by atoms with Crippen LogP contribution < -0.4 is 16.0 Å². The van der Waals surface area contributed by atoms with Crippen LogP contribution in [0.5, 0.6) is 0 Å². The molecule has 0 radical (unpaired) electrons. The zero-order chi connectivity index (χ0) is 16.3. The van der Waals surface area contributed by atoms with Crippen molar-refractivity contribution in [1.82, 2.24) is 16.0 Å². The fourth-order valence-corrected chi connectivity index (χ4v) is 2.05. The van der Waals surface area contributed by atoms with Crippen molar-refractivity contribution in [2.75, 3.05) is 13.1 Å². The van der Waals surface area contributed by atoms with Gasteiger partial charge in [-0.1, -0.05) is 60.7 Å². The summed E-state index contributed by atoms with van der Waals surface area (Å²) < 4.78 is 0. The maximum atomic E-state index is 11.7. The van der Waals surface area contributed by atoms with E-state index >= 15 is 0 Å². The molecule has 2 aromatic rings. The Labute approximate surface area is 136 Å². The smallest absolute Gasteiger partial charge is 0.315 e. The summed E-state index contributed by atoms with van der Waals surface area (Å²) in [5.74, 6) is -0.198. The quantitative estimate of drug-likeness (QED) is 0.730. The largest absolute Gasteiger partial charge is 0.354 e. The van der Waals surface area contributed by atoms with E-state index in [0.717, 1.165) is 12.0 Å². The molecule has 0 unspecified atom stereocenters. The average Bonchev–Trinajstić information content (AvgIpc) is 2.60. The van der Waals surface area contributed by atoms with E-state index in [0.29, 0.717) is 13.1 Å². The Morgan fingerprint density at radius 2 is 1.35 bits per heavy atom. The molecule has 0 heterocycles. The van der Waals surface area contributed by atoms with Gasteiger partial charge in [0.2, 0.25) is 5.91 Å². The Bertz CT molecular complexity index is 615. The molecule has 2 rings (SSSR count). The molecular weight excluding hydrogens is 290 g/mol. The molecule has 0 saturated heterocycles. The Morgan fingerprint density at radius 3 is 2.00 bits per heavy atom. The van der Waals surface area contributed by atoms with E-state index < -0.39 is 0 Å². The van der Waals surface area contributed by atoms with E-state index in [1.165, 1.54) is 5.56 Å². The van der Waals surface area contributed by atoms with E-state index in [4.69, 9.17) is 0 Å². The van der Waals surface area contributed by atoms with Crippen LogP contribution in [0.1, 0.15) is 11.1 Å². The summed E-state index contributed by atoms with van der Waals surface area (Å²) in [6.07, 6.45) is 0.771. The zero-order valence-corrected chi connectivity index (χ0v) is 12.9. The highest BCUT2D eigenvalue weighted by Crippen LogP contribution is 1.98. The first-order chi connectivity index (χ1) is 11.2. The Morgan fingerprint density at radius 1 is 0.739 bits per heavy atom. The predicted molar refractivity (Wildman–Crippen MR) is 89.8 cm³/mol. The minimum absolute atomic E-state index is 0.0323. The number of benzene rings is 2. The highest BCUT2D eigenvalue weighted by molar-refractivity contribution is 5.83. The Hall–Kier alpha value is -2.82. The first-order valence-electron chi connectivity index (χ1n) is 7.60. The number of carbonyl (C=O) groups excluding carboxylic acids is 2. The molecule has 0 aliphatic heterocycles. The lowest BCUT2D eigenvalue weighted by atomic mass is 10.1. The van der Waals surface area contributed by atoms with Crippen molar-refractivity contribution in [1.29, 1.82) is 0 Å². The second kappa shape index (κ2) is 9.25. The van der Waals surface area contributed by atoms with Gasteiger partial charge in [-0.05, 0) is 17.5 Å². The van der Waals surface area contributed by atoms with Crippen LogP contribution in [0, 0.1) is 0 Å². The van der Waals surface area contributed by atoms with Gasteiger partial charge in [-0.15, -0.1) is 0 Å². The normalized spacial score (nSPS) is 9.91. The van der Waals surface area contributed by atoms with Crippen LogP contribution in [-0.2, 0) is 17.8 Å². The Balaban J connectivity index is 1.57. The van der Waals surface area contributed by atoms with Crippen LogP contribution in [-0.4, -0.2) is 25.0 Å². The predicted octanol–water partition coefficient (Wildman–Crippen LogP) is 1.84. The number of hydrogen-bond acceptors (Lipinski definition) is 2. The molecule has 0 atom stereocenters. The summed E-state index contributed by atoms with van der Waals surface area (Å²) >= 11 is 0. The highest BCUT2D eigenvalue weighted by Gasteiger charge is 2.04. The van der Waals surface area contributed by atoms with E-state index in [1.807, 2.05) is 60.7 Å². The van der Waals surface area contributed by atoms with Crippen molar-refractivity contribution in [3.05, 3.63) is 71.8 Å². The van der Waals surface area contributed by atoms with Crippen molar-refractivity contribution in [3.8, 4) is 0 Å². The molecule has 3 amide bonds. The monoisotopic (exact) mass is 311 g/mol. The fourth-order valence-electron chi connectivity index (χ4n) is 2.05.